The fraction of sp³-hybridized carbons (Fsp3) is 0.158. The summed E-state index contributed by atoms with van der Waals surface area (Å²) in [5.74, 6) is -0.723. The molecule has 3 rings (SSSR count). The molecule has 0 amide bonds. The summed E-state index contributed by atoms with van der Waals surface area (Å²) in [6.45, 7) is 0. The molecule has 0 spiro atoms. The number of aromatic nitrogens is 2. The van der Waals surface area contributed by atoms with Gasteiger partial charge in [0.05, 0.1) is 14.2 Å². The molecule has 9 heteroatoms. The van der Waals surface area contributed by atoms with Crippen molar-refractivity contribution in [1.82, 2.24) is 9.55 Å². The van der Waals surface area contributed by atoms with Gasteiger partial charge in [-0.05, 0) is 36.4 Å². The van der Waals surface area contributed by atoms with Gasteiger partial charge in [-0.3, -0.25) is 4.57 Å². The van der Waals surface area contributed by atoms with E-state index in [-0.39, 0.29) is 11.5 Å². The highest BCUT2D eigenvalue weighted by Gasteiger charge is 2.43. The van der Waals surface area contributed by atoms with Gasteiger partial charge in [0.1, 0.15) is 11.6 Å². The van der Waals surface area contributed by atoms with Crippen LogP contribution in [0.3, 0.4) is 0 Å². The van der Waals surface area contributed by atoms with E-state index >= 15 is 0 Å². The van der Waals surface area contributed by atoms with Crippen molar-refractivity contribution in [3.8, 4) is 22.8 Å². The van der Waals surface area contributed by atoms with E-state index in [4.69, 9.17) is 4.74 Å². The molecule has 1 aromatic heterocycles. The van der Waals surface area contributed by atoms with E-state index in [9.17, 15) is 18.0 Å². The highest BCUT2D eigenvalue weighted by molar-refractivity contribution is 9.10. The van der Waals surface area contributed by atoms with Crippen LogP contribution in [0.5, 0.6) is 5.75 Å². The Bertz CT molecular complexity index is 997. The molecule has 0 radical (unpaired) electrons. The minimum absolute atomic E-state index is 0.0367. The van der Waals surface area contributed by atoms with Gasteiger partial charge in [-0.1, -0.05) is 28.1 Å². The van der Waals surface area contributed by atoms with Crippen molar-refractivity contribution in [2.75, 3.05) is 14.2 Å². The first-order valence-corrected chi connectivity index (χ1v) is 8.74. The number of carbonyl (C=O) groups is 1. The number of alkyl halides is 3. The van der Waals surface area contributed by atoms with Crippen LogP contribution in [0.2, 0.25) is 0 Å². The molecule has 1 heterocycles. The zero-order chi connectivity index (χ0) is 20.5. The average molecular weight is 455 g/mol. The second kappa shape index (κ2) is 7.67. The van der Waals surface area contributed by atoms with Crippen LogP contribution in [0.15, 0.2) is 53.0 Å². The van der Waals surface area contributed by atoms with Gasteiger partial charge in [0.2, 0.25) is 0 Å². The van der Waals surface area contributed by atoms with E-state index in [1.165, 1.54) is 31.4 Å². The Morgan fingerprint density at radius 1 is 1.04 bits per heavy atom. The fourth-order valence-corrected chi connectivity index (χ4v) is 2.96. The summed E-state index contributed by atoms with van der Waals surface area (Å²) >= 11 is 3.29. The van der Waals surface area contributed by atoms with Gasteiger partial charge in [0.15, 0.2) is 11.4 Å². The van der Waals surface area contributed by atoms with Gasteiger partial charge in [-0.15, -0.1) is 0 Å². The van der Waals surface area contributed by atoms with Crippen molar-refractivity contribution in [3.05, 3.63) is 64.4 Å². The Morgan fingerprint density at radius 2 is 1.64 bits per heavy atom. The minimum Gasteiger partial charge on any atom is -0.497 e. The topological polar surface area (TPSA) is 53.3 Å². The van der Waals surface area contributed by atoms with Crippen LogP contribution in [0.4, 0.5) is 13.2 Å². The number of hydrogen-bond acceptors (Lipinski definition) is 4. The molecule has 0 aliphatic heterocycles. The van der Waals surface area contributed by atoms with Crippen LogP contribution in [-0.2, 0) is 10.9 Å². The molecule has 146 valence electrons. The SMILES string of the molecule is COC(=O)c1nc(-c2ccc(Br)cc2)n(-c2ccc(OC)cc2)c1C(F)(F)F. The first-order chi connectivity index (χ1) is 13.3. The standard InChI is InChI=1S/C19H14BrF3N2O3/c1-27-14-9-7-13(8-10-14)25-16(19(21,22)23)15(18(26)28-2)24-17(25)11-3-5-12(20)6-4-11/h3-10H,1-2H3. The quantitative estimate of drug-likeness (QED) is 0.513. The predicted molar refractivity (Wildman–Crippen MR) is 99.6 cm³/mol. The van der Waals surface area contributed by atoms with E-state index in [0.717, 1.165) is 16.1 Å². The lowest BCUT2D eigenvalue weighted by Gasteiger charge is -2.15. The molecule has 0 aliphatic rings. The number of hydrogen-bond donors (Lipinski definition) is 0. The average Bonchev–Trinajstić information content (AvgIpc) is 3.09. The van der Waals surface area contributed by atoms with E-state index in [2.05, 4.69) is 25.7 Å². The highest BCUT2D eigenvalue weighted by Crippen LogP contribution is 2.38. The van der Waals surface area contributed by atoms with E-state index in [1.54, 1.807) is 24.3 Å². The predicted octanol–water partition coefficient (Wildman–Crippen LogP) is 5.12. The van der Waals surface area contributed by atoms with Gasteiger partial charge in [0.25, 0.3) is 0 Å². The number of nitrogens with zero attached hydrogens (tertiary/aromatic N) is 2. The third kappa shape index (κ3) is 3.75. The zero-order valence-electron chi connectivity index (χ0n) is 14.7. The van der Waals surface area contributed by atoms with Crippen LogP contribution in [-0.4, -0.2) is 29.7 Å². The summed E-state index contributed by atoms with van der Waals surface area (Å²) in [6, 6.07) is 12.5. The summed E-state index contributed by atoms with van der Waals surface area (Å²) in [5.41, 5.74) is -1.43. The van der Waals surface area contributed by atoms with Crippen molar-refractivity contribution in [2.45, 2.75) is 6.18 Å². The van der Waals surface area contributed by atoms with Crippen LogP contribution < -0.4 is 4.74 Å². The normalized spacial score (nSPS) is 11.4. The van der Waals surface area contributed by atoms with Crippen molar-refractivity contribution in [1.29, 1.82) is 0 Å². The van der Waals surface area contributed by atoms with Gasteiger partial charge in [0, 0.05) is 15.7 Å². The van der Waals surface area contributed by atoms with E-state index in [1.807, 2.05) is 0 Å². The maximum atomic E-state index is 13.9. The van der Waals surface area contributed by atoms with E-state index in [0.29, 0.717) is 11.3 Å². The smallest absolute Gasteiger partial charge is 0.434 e. The molecule has 5 nitrogen and oxygen atoms in total. The molecule has 0 bridgehead atoms. The van der Waals surface area contributed by atoms with Crippen molar-refractivity contribution < 1.29 is 27.4 Å². The second-order valence-electron chi connectivity index (χ2n) is 5.66. The molecule has 0 fully saturated rings. The minimum atomic E-state index is -4.84. The maximum absolute atomic E-state index is 13.9. The molecule has 0 aliphatic carbocycles. The number of halogens is 4. The molecular weight excluding hydrogens is 441 g/mol. The molecule has 3 aromatic rings. The highest BCUT2D eigenvalue weighted by atomic mass is 79.9. The number of ether oxygens (including phenoxy) is 2. The maximum Gasteiger partial charge on any atom is 0.434 e. The first kappa shape index (κ1) is 19.9. The number of benzene rings is 2. The fourth-order valence-electron chi connectivity index (χ4n) is 2.70. The largest absolute Gasteiger partial charge is 0.497 e. The zero-order valence-corrected chi connectivity index (χ0v) is 16.3. The second-order valence-corrected chi connectivity index (χ2v) is 6.58. The monoisotopic (exact) mass is 454 g/mol. The van der Waals surface area contributed by atoms with E-state index < -0.39 is 23.5 Å². The lowest BCUT2D eigenvalue weighted by atomic mass is 10.2. The van der Waals surface area contributed by atoms with Crippen molar-refractivity contribution >= 4 is 21.9 Å². The molecule has 0 unspecified atom stereocenters. The number of rotatable bonds is 4. The van der Waals surface area contributed by atoms with Gasteiger partial charge in [-0.2, -0.15) is 13.2 Å². The molecule has 0 saturated carbocycles. The molecule has 0 atom stereocenters. The molecule has 0 saturated heterocycles. The van der Waals surface area contributed by atoms with Crippen LogP contribution in [0.1, 0.15) is 16.2 Å². The van der Waals surface area contributed by atoms with Gasteiger partial charge >= 0.3 is 12.1 Å². The molecule has 28 heavy (non-hydrogen) atoms. The van der Waals surface area contributed by atoms with Crippen molar-refractivity contribution in [3.63, 3.8) is 0 Å². The lowest BCUT2D eigenvalue weighted by Crippen LogP contribution is -2.18. The number of imidazole rings is 1. The summed E-state index contributed by atoms with van der Waals surface area (Å²) in [5, 5.41) is 0. The summed E-state index contributed by atoms with van der Waals surface area (Å²) in [7, 11) is 2.46. The summed E-state index contributed by atoms with van der Waals surface area (Å²) in [4.78, 5) is 16.0. The van der Waals surface area contributed by atoms with Gasteiger partial charge in [-0.25, -0.2) is 9.78 Å². The summed E-state index contributed by atoms with van der Waals surface area (Å²) in [6.07, 6.45) is -4.84. The Kier molecular flexibility index (Phi) is 5.46. The third-order valence-electron chi connectivity index (χ3n) is 3.96. The van der Waals surface area contributed by atoms with Crippen LogP contribution in [0.25, 0.3) is 17.1 Å². The number of carbonyl (C=O) groups excluding carboxylic acids is 1. The van der Waals surface area contributed by atoms with Crippen LogP contribution in [0, 0.1) is 0 Å². The van der Waals surface area contributed by atoms with Crippen LogP contribution >= 0.6 is 15.9 Å². The third-order valence-corrected chi connectivity index (χ3v) is 4.49. The van der Waals surface area contributed by atoms with Crippen molar-refractivity contribution in [2.24, 2.45) is 0 Å². The lowest BCUT2D eigenvalue weighted by molar-refractivity contribution is -0.142. The molecular formula is C19H14BrF3N2O3. The Balaban J connectivity index is 2.35. The number of methoxy groups -OCH3 is 2. The first-order valence-electron chi connectivity index (χ1n) is 7.95. The Labute approximate surface area is 166 Å². The number of esters is 1. The molecule has 0 N–H and O–H groups in total. The summed E-state index contributed by atoms with van der Waals surface area (Å²) < 4.78 is 53.0. The Morgan fingerprint density at radius 3 is 2.14 bits per heavy atom. The Hall–Kier alpha value is -2.81. The van der Waals surface area contributed by atoms with Gasteiger partial charge < -0.3 is 9.47 Å². The molecule has 2 aromatic carbocycles.